The molecule has 0 aliphatic carbocycles. The number of ether oxygens (including phenoxy) is 3. The molecular weight excluding hydrogens is 488 g/mol. The molecule has 0 spiro atoms. The van der Waals surface area contributed by atoms with E-state index in [1.165, 1.54) is 0 Å². The summed E-state index contributed by atoms with van der Waals surface area (Å²) in [6, 6.07) is 6.66. The molecule has 0 radical (unpaired) electrons. The lowest BCUT2D eigenvalue weighted by Gasteiger charge is -2.26. The molecular formula is C28H38N4O6. The third kappa shape index (κ3) is 6.99. The van der Waals surface area contributed by atoms with E-state index < -0.39 is 5.97 Å². The Morgan fingerprint density at radius 2 is 1.84 bits per heavy atom. The molecule has 10 heteroatoms. The van der Waals surface area contributed by atoms with Crippen LogP contribution in [0.15, 0.2) is 24.3 Å². The van der Waals surface area contributed by atoms with Crippen LogP contribution in [0.5, 0.6) is 0 Å². The van der Waals surface area contributed by atoms with Gasteiger partial charge in [0.2, 0.25) is 0 Å². The number of hydrogen-bond donors (Lipinski definition) is 1. The maximum Gasteiger partial charge on any atom is 0.338 e. The first kappa shape index (κ1) is 27.8. The quantitative estimate of drug-likeness (QED) is 0.552. The Kier molecular flexibility index (Phi) is 9.89. The zero-order valence-electron chi connectivity index (χ0n) is 22.4. The minimum atomic E-state index is -0.469. The number of aryl methyl sites for hydroxylation is 1. The summed E-state index contributed by atoms with van der Waals surface area (Å²) < 4.78 is 18.4. The normalized spacial score (nSPS) is 17.6. The van der Waals surface area contributed by atoms with Gasteiger partial charge in [0.1, 0.15) is 5.69 Å². The molecule has 2 aliphatic heterocycles. The smallest absolute Gasteiger partial charge is 0.338 e. The molecule has 1 N–H and O–H groups in total. The fraction of sp³-hybridized carbons (Fsp3) is 0.571. The van der Waals surface area contributed by atoms with Crippen molar-refractivity contribution in [1.82, 2.24) is 20.0 Å². The van der Waals surface area contributed by atoms with Crippen LogP contribution in [0.25, 0.3) is 0 Å². The first-order chi connectivity index (χ1) is 18.5. The molecule has 4 rings (SSSR count). The van der Waals surface area contributed by atoms with Gasteiger partial charge >= 0.3 is 5.97 Å². The van der Waals surface area contributed by atoms with Crippen molar-refractivity contribution >= 4 is 17.8 Å². The number of nitrogens with one attached hydrogen (secondary N) is 1. The molecule has 0 bridgehead atoms. The van der Waals surface area contributed by atoms with Crippen molar-refractivity contribution < 1.29 is 28.6 Å². The maximum atomic E-state index is 12.9. The first-order valence-corrected chi connectivity index (χ1v) is 13.6. The van der Waals surface area contributed by atoms with Crippen molar-refractivity contribution in [3.05, 3.63) is 52.3 Å². The number of carbonyl (C=O) groups excluding carboxylic acids is 3. The summed E-state index contributed by atoms with van der Waals surface area (Å²) in [5, 5.41) is 7.74. The van der Waals surface area contributed by atoms with Crippen LogP contribution in [0.4, 0.5) is 0 Å². The third-order valence-electron chi connectivity index (χ3n) is 6.80. The summed E-state index contributed by atoms with van der Waals surface area (Å²) in [6.07, 6.45) is 2.87. The minimum absolute atomic E-state index is 0.0149. The van der Waals surface area contributed by atoms with Crippen LogP contribution in [0.2, 0.25) is 0 Å². The Morgan fingerprint density at radius 1 is 1.11 bits per heavy atom. The van der Waals surface area contributed by atoms with Gasteiger partial charge in [-0.15, -0.1) is 0 Å². The lowest BCUT2D eigenvalue weighted by Crippen LogP contribution is -2.40. The number of rotatable bonds is 7. The van der Waals surface area contributed by atoms with Gasteiger partial charge in [0.25, 0.3) is 11.8 Å². The van der Waals surface area contributed by atoms with E-state index >= 15 is 0 Å². The van der Waals surface area contributed by atoms with E-state index in [-0.39, 0.29) is 24.3 Å². The van der Waals surface area contributed by atoms with Gasteiger partial charge in [-0.1, -0.05) is 13.0 Å². The van der Waals surface area contributed by atoms with Crippen LogP contribution in [0, 0.1) is 5.92 Å². The Labute approximate surface area is 223 Å². The third-order valence-corrected chi connectivity index (χ3v) is 6.80. The maximum absolute atomic E-state index is 12.9. The number of aromatic nitrogens is 2. The molecule has 2 aliphatic rings. The fourth-order valence-electron chi connectivity index (χ4n) is 4.79. The van der Waals surface area contributed by atoms with E-state index in [2.05, 4.69) is 5.32 Å². The van der Waals surface area contributed by atoms with Gasteiger partial charge in [-0.05, 0) is 56.7 Å². The lowest BCUT2D eigenvalue weighted by molar-refractivity contribution is 0.0302. The van der Waals surface area contributed by atoms with Gasteiger partial charge < -0.3 is 24.4 Å². The van der Waals surface area contributed by atoms with Gasteiger partial charge in [-0.25, -0.2) is 4.79 Å². The fourth-order valence-corrected chi connectivity index (χ4v) is 4.79. The number of hydrogen-bond acceptors (Lipinski definition) is 7. The molecule has 1 aromatic heterocycles. The summed E-state index contributed by atoms with van der Waals surface area (Å²) in [4.78, 5) is 40.3. The van der Waals surface area contributed by atoms with E-state index in [9.17, 15) is 14.4 Å². The molecule has 206 valence electrons. The second kappa shape index (κ2) is 13.5. The zero-order chi connectivity index (χ0) is 26.9. The van der Waals surface area contributed by atoms with Crippen molar-refractivity contribution in [3.8, 4) is 0 Å². The number of fused-ring (bicyclic) bond motifs is 1. The molecule has 1 saturated heterocycles. The predicted molar refractivity (Wildman–Crippen MR) is 140 cm³/mol. The first-order valence-electron chi connectivity index (χ1n) is 13.6. The van der Waals surface area contributed by atoms with E-state index in [0.717, 1.165) is 24.1 Å². The highest BCUT2D eigenvalue weighted by Crippen LogP contribution is 2.21. The van der Waals surface area contributed by atoms with Crippen LogP contribution in [0.3, 0.4) is 0 Å². The molecule has 0 saturated carbocycles. The molecule has 1 fully saturated rings. The predicted octanol–water partition coefficient (Wildman–Crippen LogP) is 2.49. The number of nitrogens with zero attached hydrogens (tertiary/aromatic N) is 3. The molecule has 1 aromatic carbocycles. The van der Waals surface area contributed by atoms with Crippen molar-refractivity contribution in [2.75, 3.05) is 52.7 Å². The monoisotopic (exact) mass is 526 g/mol. The number of benzene rings is 1. The largest absolute Gasteiger partial charge is 0.462 e. The van der Waals surface area contributed by atoms with Gasteiger partial charge in [0.15, 0.2) is 0 Å². The SMILES string of the molecule is CCn1nc(C[C@@H](C)COC(=O)c2cccc(C(=O)N3CCOCC3)c2)c2c1C(=O)NCCCOCCC2. The Morgan fingerprint density at radius 3 is 2.63 bits per heavy atom. The highest BCUT2D eigenvalue weighted by atomic mass is 16.5. The summed E-state index contributed by atoms with van der Waals surface area (Å²) in [6.45, 7) is 8.72. The molecule has 10 nitrogen and oxygen atoms in total. The van der Waals surface area contributed by atoms with Crippen molar-refractivity contribution in [2.24, 2.45) is 5.92 Å². The minimum Gasteiger partial charge on any atom is -0.462 e. The summed E-state index contributed by atoms with van der Waals surface area (Å²) >= 11 is 0. The van der Waals surface area contributed by atoms with Gasteiger partial charge in [-0.3, -0.25) is 14.3 Å². The molecule has 0 unspecified atom stereocenters. The summed E-state index contributed by atoms with van der Waals surface area (Å²) in [5.41, 5.74) is 3.23. The summed E-state index contributed by atoms with van der Waals surface area (Å²) in [7, 11) is 0. The standard InChI is InChI=1S/C28H38N4O6/c1-3-32-25-23(9-5-13-36-14-6-10-29-26(25)33)24(30-32)17-20(2)19-38-28(35)22-8-4-7-21(18-22)27(34)31-11-15-37-16-12-31/h4,7-8,18,20H,3,5-6,9-17,19H2,1-2H3,(H,29,33)/t20-/m1/s1. The molecule has 2 amide bonds. The zero-order valence-corrected chi connectivity index (χ0v) is 22.4. The molecule has 1 atom stereocenters. The second-order valence-corrected chi connectivity index (χ2v) is 9.81. The number of esters is 1. The van der Waals surface area contributed by atoms with Crippen LogP contribution in [0.1, 0.15) is 69.2 Å². The Hall–Kier alpha value is -3.24. The van der Waals surface area contributed by atoms with E-state index in [1.807, 2.05) is 13.8 Å². The Balaban J connectivity index is 1.40. The molecule has 3 heterocycles. The van der Waals surface area contributed by atoms with Crippen molar-refractivity contribution in [2.45, 2.75) is 46.1 Å². The number of morpholine rings is 1. The van der Waals surface area contributed by atoms with Crippen molar-refractivity contribution in [1.29, 1.82) is 0 Å². The van der Waals surface area contributed by atoms with Gasteiger partial charge in [0.05, 0.1) is 31.1 Å². The highest BCUT2D eigenvalue weighted by Gasteiger charge is 2.25. The summed E-state index contributed by atoms with van der Waals surface area (Å²) in [5.74, 6) is -0.702. The van der Waals surface area contributed by atoms with Crippen LogP contribution >= 0.6 is 0 Å². The van der Waals surface area contributed by atoms with Gasteiger partial charge in [0, 0.05) is 50.5 Å². The van der Waals surface area contributed by atoms with E-state index in [1.54, 1.807) is 33.8 Å². The lowest BCUT2D eigenvalue weighted by atomic mass is 9.99. The van der Waals surface area contributed by atoms with Gasteiger partial charge in [-0.2, -0.15) is 5.10 Å². The molecule has 2 aromatic rings. The second-order valence-electron chi connectivity index (χ2n) is 9.81. The van der Waals surface area contributed by atoms with Crippen molar-refractivity contribution in [3.63, 3.8) is 0 Å². The van der Waals surface area contributed by atoms with E-state index in [4.69, 9.17) is 19.3 Å². The number of carbonyl (C=O) groups is 3. The van der Waals surface area contributed by atoms with Crippen LogP contribution in [-0.4, -0.2) is 85.1 Å². The van der Waals surface area contributed by atoms with Crippen LogP contribution in [-0.2, 0) is 33.6 Å². The molecule has 38 heavy (non-hydrogen) atoms. The topological polar surface area (TPSA) is 112 Å². The van der Waals surface area contributed by atoms with E-state index in [0.29, 0.717) is 82.3 Å². The van der Waals surface area contributed by atoms with Crippen LogP contribution < -0.4 is 5.32 Å². The number of amides is 2. The average molecular weight is 527 g/mol. The Bertz CT molecular complexity index is 1120. The highest BCUT2D eigenvalue weighted by molar-refractivity contribution is 5.98. The average Bonchev–Trinajstić information content (AvgIpc) is 3.27.